The Labute approximate surface area is 183 Å². The number of likely N-dealkylation sites (tertiary alicyclic amines) is 1. The van der Waals surface area contributed by atoms with Crippen LogP contribution in [0.1, 0.15) is 18.4 Å². The van der Waals surface area contributed by atoms with E-state index in [2.05, 4.69) is 15.6 Å². The average Bonchev–Trinajstić information content (AvgIpc) is 3.43. The van der Waals surface area contributed by atoms with E-state index in [1.807, 2.05) is 24.3 Å². The van der Waals surface area contributed by atoms with Gasteiger partial charge in [-0.25, -0.2) is 4.79 Å². The highest BCUT2D eigenvalue weighted by atomic mass is 16.4. The van der Waals surface area contributed by atoms with Gasteiger partial charge in [-0.15, -0.1) is 0 Å². The number of para-hydroxylation sites is 1. The number of carboxylic acids is 1. The summed E-state index contributed by atoms with van der Waals surface area (Å²) in [5, 5.41) is 24.9. The van der Waals surface area contributed by atoms with Gasteiger partial charge in [0.2, 0.25) is 17.7 Å². The highest BCUT2D eigenvalue weighted by Gasteiger charge is 2.35. The first-order valence-electron chi connectivity index (χ1n) is 10.3. The molecule has 3 unspecified atom stereocenters. The van der Waals surface area contributed by atoms with Crippen molar-refractivity contribution in [3.8, 4) is 0 Å². The van der Waals surface area contributed by atoms with Gasteiger partial charge in [0.15, 0.2) is 0 Å². The third-order valence-corrected chi connectivity index (χ3v) is 5.58. The summed E-state index contributed by atoms with van der Waals surface area (Å²) < 4.78 is 0. The summed E-state index contributed by atoms with van der Waals surface area (Å²) in [5.74, 6) is -3.05. The highest BCUT2D eigenvalue weighted by Crippen LogP contribution is 2.20. The summed E-state index contributed by atoms with van der Waals surface area (Å²) >= 11 is 0. The predicted molar refractivity (Wildman–Crippen MR) is 114 cm³/mol. The summed E-state index contributed by atoms with van der Waals surface area (Å²) in [6.07, 6.45) is 2.72. The third kappa shape index (κ3) is 5.06. The number of aliphatic hydroxyl groups is 1. The first-order chi connectivity index (χ1) is 15.3. The monoisotopic (exact) mass is 445 g/mol. The van der Waals surface area contributed by atoms with Crippen molar-refractivity contribution < 1.29 is 29.4 Å². The number of nitrogens with one attached hydrogen (secondary N) is 3. The van der Waals surface area contributed by atoms with E-state index in [0.29, 0.717) is 24.9 Å². The molecule has 11 nitrogen and oxygen atoms in total. The van der Waals surface area contributed by atoms with Crippen LogP contribution in [0.2, 0.25) is 0 Å². The Morgan fingerprint density at radius 1 is 1.19 bits per heavy atom. The van der Waals surface area contributed by atoms with Crippen LogP contribution in [0.4, 0.5) is 0 Å². The molecule has 2 aromatic rings. The fourth-order valence-electron chi connectivity index (χ4n) is 3.91. The van der Waals surface area contributed by atoms with E-state index in [0.717, 1.165) is 10.9 Å². The molecule has 11 heteroatoms. The van der Waals surface area contributed by atoms with Crippen LogP contribution in [-0.4, -0.2) is 81.6 Å². The Morgan fingerprint density at radius 3 is 2.62 bits per heavy atom. The van der Waals surface area contributed by atoms with Crippen LogP contribution >= 0.6 is 0 Å². The number of carboxylic acid groups (broad SMARTS) is 1. The van der Waals surface area contributed by atoms with Crippen molar-refractivity contribution in [2.24, 2.45) is 5.73 Å². The number of rotatable bonds is 9. The van der Waals surface area contributed by atoms with Crippen molar-refractivity contribution in [2.75, 3.05) is 19.7 Å². The summed E-state index contributed by atoms with van der Waals surface area (Å²) in [5.41, 5.74) is 6.93. The zero-order valence-corrected chi connectivity index (χ0v) is 17.4. The van der Waals surface area contributed by atoms with Crippen LogP contribution in [-0.2, 0) is 25.6 Å². The van der Waals surface area contributed by atoms with E-state index in [1.54, 1.807) is 6.20 Å². The number of hydrogen-bond acceptors (Lipinski definition) is 6. The molecule has 3 rings (SSSR count). The van der Waals surface area contributed by atoms with Gasteiger partial charge in [0.05, 0.1) is 13.2 Å². The number of nitrogens with two attached hydrogens (primary N) is 1. The Hall–Kier alpha value is -3.44. The quantitative estimate of drug-likeness (QED) is 0.278. The van der Waals surface area contributed by atoms with Gasteiger partial charge >= 0.3 is 5.97 Å². The number of aliphatic carboxylic acids is 1. The molecule has 1 aliphatic heterocycles. The minimum Gasteiger partial charge on any atom is -0.480 e. The third-order valence-electron chi connectivity index (χ3n) is 5.58. The topological polar surface area (TPSA) is 178 Å². The lowest BCUT2D eigenvalue weighted by molar-refractivity contribution is -0.143. The van der Waals surface area contributed by atoms with Crippen LogP contribution < -0.4 is 16.4 Å². The van der Waals surface area contributed by atoms with Crippen LogP contribution in [0, 0.1) is 0 Å². The molecular weight excluding hydrogens is 418 g/mol. The zero-order chi connectivity index (χ0) is 23.3. The second-order valence-corrected chi connectivity index (χ2v) is 7.66. The zero-order valence-electron chi connectivity index (χ0n) is 17.4. The van der Waals surface area contributed by atoms with Gasteiger partial charge in [0, 0.05) is 30.1 Å². The molecule has 0 radical (unpaired) electrons. The highest BCUT2D eigenvalue weighted by molar-refractivity contribution is 5.94. The number of carbonyl (C=O) groups is 4. The van der Waals surface area contributed by atoms with Crippen LogP contribution in [0.3, 0.4) is 0 Å². The second kappa shape index (κ2) is 10.2. The van der Waals surface area contributed by atoms with Gasteiger partial charge in [-0.1, -0.05) is 18.2 Å². The van der Waals surface area contributed by atoms with E-state index in [4.69, 9.17) is 5.73 Å². The summed E-state index contributed by atoms with van der Waals surface area (Å²) in [6.45, 7) is -0.577. The van der Waals surface area contributed by atoms with E-state index in [-0.39, 0.29) is 18.9 Å². The SMILES string of the molecule is NCC(=O)N1CCCC1C(=O)NC(CO)C(=O)NC(Cc1c[nH]c2ccccc12)C(=O)O. The van der Waals surface area contributed by atoms with Crippen molar-refractivity contribution >= 4 is 34.6 Å². The average molecular weight is 445 g/mol. The number of aromatic nitrogens is 1. The molecule has 172 valence electrons. The summed E-state index contributed by atoms with van der Waals surface area (Å²) in [6, 6.07) is 3.96. The smallest absolute Gasteiger partial charge is 0.326 e. The van der Waals surface area contributed by atoms with Crippen molar-refractivity contribution in [2.45, 2.75) is 37.4 Å². The summed E-state index contributed by atoms with van der Waals surface area (Å²) in [7, 11) is 0. The molecule has 32 heavy (non-hydrogen) atoms. The second-order valence-electron chi connectivity index (χ2n) is 7.66. The van der Waals surface area contributed by atoms with E-state index >= 15 is 0 Å². The maximum absolute atomic E-state index is 12.6. The maximum atomic E-state index is 12.6. The van der Waals surface area contributed by atoms with Crippen molar-refractivity contribution in [1.82, 2.24) is 20.5 Å². The number of carbonyl (C=O) groups excluding carboxylic acids is 3. The van der Waals surface area contributed by atoms with Crippen LogP contribution in [0.25, 0.3) is 10.9 Å². The molecule has 0 aliphatic carbocycles. The van der Waals surface area contributed by atoms with Gasteiger partial charge < -0.3 is 36.5 Å². The lowest BCUT2D eigenvalue weighted by Gasteiger charge is -2.26. The molecule has 3 atom stereocenters. The lowest BCUT2D eigenvalue weighted by Crippen LogP contribution is -2.57. The first-order valence-corrected chi connectivity index (χ1v) is 10.3. The number of nitrogens with zero attached hydrogens (tertiary/aromatic N) is 1. The van der Waals surface area contributed by atoms with E-state index in [9.17, 15) is 29.4 Å². The van der Waals surface area contributed by atoms with E-state index < -0.39 is 42.5 Å². The number of fused-ring (bicyclic) bond motifs is 1. The Bertz CT molecular complexity index is 1010. The molecule has 0 spiro atoms. The molecule has 0 saturated carbocycles. The minimum atomic E-state index is -1.36. The number of aromatic amines is 1. The predicted octanol–water partition coefficient (Wildman–Crippen LogP) is -1.29. The van der Waals surface area contributed by atoms with E-state index in [1.165, 1.54) is 4.90 Å². The molecule has 7 N–H and O–H groups in total. The molecular formula is C21H27N5O6. The fraction of sp³-hybridized carbons (Fsp3) is 0.429. The number of hydrogen-bond donors (Lipinski definition) is 6. The number of aliphatic hydroxyl groups excluding tert-OH is 1. The molecule has 1 aliphatic rings. The van der Waals surface area contributed by atoms with Gasteiger partial charge in [-0.3, -0.25) is 14.4 Å². The maximum Gasteiger partial charge on any atom is 0.326 e. The van der Waals surface area contributed by atoms with Gasteiger partial charge in [-0.05, 0) is 24.5 Å². The number of benzene rings is 1. The first kappa shape index (κ1) is 23.2. The Morgan fingerprint density at radius 2 is 1.94 bits per heavy atom. The fourth-order valence-corrected chi connectivity index (χ4v) is 3.91. The van der Waals surface area contributed by atoms with Gasteiger partial charge in [0.1, 0.15) is 18.1 Å². The Balaban J connectivity index is 1.66. The molecule has 1 aromatic carbocycles. The number of H-pyrrole nitrogens is 1. The van der Waals surface area contributed by atoms with Crippen molar-refractivity contribution in [3.63, 3.8) is 0 Å². The molecule has 0 bridgehead atoms. The van der Waals surface area contributed by atoms with Gasteiger partial charge in [0.25, 0.3) is 0 Å². The molecule has 3 amide bonds. The molecule has 1 aromatic heterocycles. The summed E-state index contributed by atoms with van der Waals surface area (Å²) in [4.78, 5) is 53.3. The lowest BCUT2D eigenvalue weighted by atomic mass is 10.0. The van der Waals surface area contributed by atoms with Crippen LogP contribution in [0.5, 0.6) is 0 Å². The van der Waals surface area contributed by atoms with Crippen LogP contribution in [0.15, 0.2) is 30.5 Å². The Kier molecular flexibility index (Phi) is 7.44. The van der Waals surface area contributed by atoms with Crippen molar-refractivity contribution in [3.05, 3.63) is 36.0 Å². The minimum absolute atomic E-state index is 0.0125. The molecule has 2 heterocycles. The largest absolute Gasteiger partial charge is 0.480 e. The standard InChI is InChI=1S/C21H27N5O6/c22-9-18(28)26-7-3-6-17(26)20(30)25-16(11-27)19(29)24-15(21(31)32)8-12-10-23-14-5-2-1-4-13(12)14/h1-2,4-5,10,15-17,23,27H,3,6-9,11,22H2,(H,24,29)(H,25,30)(H,31,32). The van der Waals surface area contributed by atoms with Crippen molar-refractivity contribution in [1.29, 1.82) is 0 Å². The normalized spacial score (nSPS) is 17.7. The number of amides is 3. The molecule has 1 saturated heterocycles. The molecule has 1 fully saturated rings. The van der Waals surface area contributed by atoms with Gasteiger partial charge in [-0.2, -0.15) is 0 Å².